The summed E-state index contributed by atoms with van der Waals surface area (Å²) in [7, 11) is 0. The van der Waals surface area contributed by atoms with Gasteiger partial charge in [0.15, 0.2) is 0 Å². The SMILES string of the molecule is CCCCCCCCCCCCCCCCCCCC.[Co]. The summed E-state index contributed by atoms with van der Waals surface area (Å²) < 4.78 is 0. The molecule has 0 aliphatic carbocycles. The fourth-order valence-corrected chi connectivity index (χ4v) is 2.97. The molecular weight excluding hydrogens is 299 g/mol. The second kappa shape index (κ2) is 22.8. The summed E-state index contributed by atoms with van der Waals surface area (Å²) >= 11 is 0. The number of hydrogen-bond acceptors (Lipinski definition) is 0. The number of unbranched alkanes of at least 4 members (excludes halogenated alkanes) is 17. The maximum Gasteiger partial charge on any atom is 0 e. The first-order chi connectivity index (χ1) is 9.91. The summed E-state index contributed by atoms with van der Waals surface area (Å²) in [5.74, 6) is 0. The third-order valence-corrected chi connectivity index (χ3v) is 4.46. The summed E-state index contributed by atoms with van der Waals surface area (Å²) in [5, 5.41) is 0. The van der Waals surface area contributed by atoms with Crippen LogP contribution in [-0.2, 0) is 16.8 Å². The zero-order chi connectivity index (χ0) is 14.7. The first kappa shape index (κ1) is 23.8. The largest absolute Gasteiger partial charge is 0.0654 e. The molecule has 0 aliphatic rings. The average Bonchev–Trinajstić information content (AvgIpc) is 2.47. The summed E-state index contributed by atoms with van der Waals surface area (Å²) in [5.41, 5.74) is 0. The zero-order valence-electron chi connectivity index (χ0n) is 15.1. The van der Waals surface area contributed by atoms with Gasteiger partial charge in [0.1, 0.15) is 0 Å². The molecule has 0 saturated heterocycles. The van der Waals surface area contributed by atoms with Crippen LogP contribution >= 0.6 is 0 Å². The smallest absolute Gasteiger partial charge is 0 e. The molecular formula is C20H42Co. The van der Waals surface area contributed by atoms with Crippen molar-refractivity contribution in [2.24, 2.45) is 0 Å². The summed E-state index contributed by atoms with van der Waals surface area (Å²) in [4.78, 5) is 0. The Kier molecular flexibility index (Phi) is 25.8. The van der Waals surface area contributed by atoms with Gasteiger partial charge in [-0.05, 0) is 0 Å². The first-order valence-corrected chi connectivity index (χ1v) is 9.91. The quantitative estimate of drug-likeness (QED) is 0.235. The van der Waals surface area contributed by atoms with E-state index in [9.17, 15) is 0 Å². The van der Waals surface area contributed by atoms with Crippen molar-refractivity contribution >= 4 is 0 Å². The minimum Gasteiger partial charge on any atom is -0.0654 e. The van der Waals surface area contributed by atoms with E-state index in [0.717, 1.165) is 0 Å². The van der Waals surface area contributed by atoms with E-state index >= 15 is 0 Å². The molecule has 21 heavy (non-hydrogen) atoms. The molecule has 0 rings (SSSR count). The van der Waals surface area contributed by atoms with Gasteiger partial charge in [0.25, 0.3) is 0 Å². The third kappa shape index (κ3) is 22.9. The molecule has 0 heterocycles. The van der Waals surface area contributed by atoms with E-state index in [0.29, 0.717) is 0 Å². The Labute approximate surface area is 146 Å². The predicted molar refractivity (Wildman–Crippen MR) is 94.5 cm³/mol. The second-order valence-corrected chi connectivity index (χ2v) is 6.66. The van der Waals surface area contributed by atoms with Crippen LogP contribution in [0.25, 0.3) is 0 Å². The van der Waals surface area contributed by atoms with Crippen LogP contribution in [0, 0.1) is 0 Å². The van der Waals surface area contributed by atoms with Crippen molar-refractivity contribution in [3.05, 3.63) is 0 Å². The molecule has 0 aliphatic heterocycles. The van der Waals surface area contributed by atoms with Crippen LogP contribution in [0.3, 0.4) is 0 Å². The average molecular weight is 341 g/mol. The van der Waals surface area contributed by atoms with E-state index < -0.39 is 0 Å². The summed E-state index contributed by atoms with van der Waals surface area (Å²) in [6.45, 7) is 4.59. The Morgan fingerprint density at radius 1 is 0.286 bits per heavy atom. The molecule has 0 spiro atoms. The van der Waals surface area contributed by atoms with E-state index in [1.165, 1.54) is 116 Å². The molecule has 0 atom stereocenters. The fourth-order valence-electron chi connectivity index (χ4n) is 2.97. The zero-order valence-corrected chi connectivity index (χ0v) is 16.1. The Hall–Kier alpha value is 0.506. The van der Waals surface area contributed by atoms with Gasteiger partial charge in [-0.3, -0.25) is 0 Å². The van der Waals surface area contributed by atoms with E-state index in [1.807, 2.05) is 0 Å². The summed E-state index contributed by atoms with van der Waals surface area (Å²) in [6.07, 6.45) is 26.4. The topological polar surface area (TPSA) is 0 Å². The van der Waals surface area contributed by atoms with Crippen molar-refractivity contribution in [2.75, 3.05) is 0 Å². The summed E-state index contributed by atoms with van der Waals surface area (Å²) in [6, 6.07) is 0. The Morgan fingerprint density at radius 3 is 0.571 bits per heavy atom. The second-order valence-electron chi connectivity index (χ2n) is 6.66. The van der Waals surface area contributed by atoms with Crippen molar-refractivity contribution < 1.29 is 16.8 Å². The first-order valence-electron chi connectivity index (χ1n) is 9.91. The van der Waals surface area contributed by atoms with Gasteiger partial charge >= 0.3 is 0 Å². The molecule has 1 radical (unpaired) electrons. The standard InChI is InChI=1S/C20H42.Co/c1-3-5-7-9-11-13-15-17-19-20-18-16-14-12-10-8-6-4-2;/h3-20H2,1-2H3;. The Bertz CT molecular complexity index is 138. The van der Waals surface area contributed by atoms with Crippen molar-refractivity contribution in [3.8, 4) is 0 Å². The van der Waals surface area contributed by atoms with Gasteiger partial charge in [-0.25, -0.2) is 0 Å². The monoisotopic (exact) mass is 341 g/mol. The molecule has 0 unspecified atom stereocenters. The van der Waals surface area contributed by atoms with Gasteiger partial charge < -0.3 is 0 Å². The van der Waals surface area contributed by atoms with E-state index in [2.05, 4.69) is 13.8 Å². The van der Waals surface area contributed by atoms with Crippen LogP contribution in [0.5, 0.6) is 0 Å². The number of rotatable bonds is 17. The maximum atomic E-state index is 2.30. The van der Waals surface area contributed by atoms with E-state index in [4.69, 9.17) is 0 Å². The van der Waals surface area contributed by atoms with Gasteiger partial charge in [-0.1, -0.05) is 129 Å². The van der Waals surface area contributed by atoms with Crippen molar-refractivity contribution in [1.82, 2.24) is 0 Å². The van der Waals surface area contributed by atoms with Crippen LogP contribution in [0.2, 0.25) is 0 Å². The van der Waals surface area contributed by atoms with Crippen molar-refractivity contribution in [3.63, 3.8) is 0 Å². The number of hydrogen-bond donors (Lipinski definition) is 0. The minimum absolute atomic E-state index is 0. The molecule has 0 aromatic rings. The Balaban J connectivity index is 0. The van der Waals surface area contributed by atoms with E-state index in [-0.39, 0.29) is 16.8 Å². The van der Waals surface area contributed by atoms with Crippen LogP contribution in [0.4, 0.5) is 0 Å². The van der Waals surface area contributed by atoms with Gasteiger partial charge in [0.05, 0.1) is 0 Å². The van der Waals surface area contributed by atoms with Gasteiger partial charge in [0, 0.05) is 16.8 Å². The third-order valence-electron chi connectivity index (χ3n) is 4.46. The maximum absolute atomic E-state index is 2.30. The molecule has 0 saturated carbocycles. The van der Waals surface area contributed by atoms with Gasteiger partial charge in [-0.2, -0.15) is 0 Å². The fraction of sp³-hybridized carbons (Fsp3) is 1.00. The molecule has 0 amide bonds. The normalized spacial score (nSPS) is 10.6. The molecule has 0 aromatic heterocycles. The van der Waals surface area contributed by atoms with Crippen LogP contribution in [0.1, 0.15) is 129 Å². The van der Waals surface area contributed by atoms with Crippen LogP contribution in [0.15, 0.2) is 0 Å². The molecule has 0 bridgehead atoms. The molecule has 0 nitrogen and oxygen atoms in total. The predicted octanol–water partition coefficient (Wildman–Crippen LogP) is 8.05. The van der Waals surface area contributed by atoms with E-state index in [1.54, 1.807) is 0 Å². The molecule has 1 heteroatoms. The van der Waals surface area contributed by atoms with Crippen LogP contribution < -0.4 is 0 Å². The molecule has 131 valence electrons. The van der Waals surface area contributed by atoms with Crippen LogP contribution in [-0.4, -0.2) is 0 Å². The van der Waals surface area contributed by atoms with Crippen molar-refractivity contribution in [1.29, 1.82) is 0 Å². The van der Waals surface area contributed by atoms with Gasteiger partial charge in [0.2, 0.25) is 0 Å². The molecule has 0 aromatic carbocycles. The Morgan fingerprint density at radius 2 is 0.429 bits per heavy atom. The van der Waals surface area contributed by atoms with Gasteiger partial charge in [-0.15, -0.1) is 0 Å². The molecule has 0 fully saturated rings. The van der Waals surface area contributed by atoms with Crippen molar-refractivity contribution in [2.45, 2.75) is 129 Å². The molecule has 0 N–H and O–H groups in total. The minimum atomic E-state index is 0.